The Morgan fingerprint density at radius 3 is 2.38 bits per heavy atom. The van der Waals surface area contributed by atoms with Gasteiger partial charge in [0.05, 0.1) is 15.5 Å². The molecule has 0 aliphatic rings. The molecule has 70 valence electrons. The lowest BCUT2D eigenvalue weighted by molar-refractivity contribution is 0.112. The van der Waals surface area contributed by atoms with E-state index in [4.69, 9.17) is 11.6 Å². The number of carbonyl (C=O) groups excluding carboxylic acids is 1. The van der Waals surface area contributed by atoms with Crippen LogP contribution in [-0.4, -0.2) is 21.0 Å². The Morgan fingerprint density at radius 2 is 2.00 bits per heavy atom. The van der Waals surface area contributed by atoms with Crippen LogP contribution in [0, 0.1) is 0 Å². The molecule has 0 amide bonds. The SMILES string of the molecule is CS(=O)(=O)c1cccc(Cl)c1C=O. The predicted octanol–water partition coefficient (Wildman–Crippen LogP) is 1.56. The second kappa shape index (κ2) is 3.47. The fourth-order valence-corrected chi connectivity index (χ4v) is 2.11. The van der Waals surface area contributed by atoms with E-state index in [1.165, 1.54) is 18.2 Å². The molecule has 0 aliphatic heterocycles. The summed E-state index contributed by atoms with van der Waals surface area (Å²) in [6.45, 7) is 0. The standard InChI is InChI=1S/C8H7ClO3S/c1-13(11,12)8-4-2-3-7(9)6(8)5-10/h2-5H,1H3. The largest absolute Gasteiger partial charge is 0.298 e. The van der Waals surface area contributed by atoms with Crippen molar-refractivity contribution in [3.8, 4) is 0 Å². The molecule has 0 aromatic heterocycles. The van der Waals surface area contributed by atoms with Crippen LogP contribution in [0.15, 0.2) is 23.1 Å². The van der Waals surface area contributed by atoms with Crippen LogP contribution in [-0.2, 0) is 9.84 Å². The summed E-state index contributed by atoms with van der Waals surface area (Å²) in [7, 11) is -3.38. The van der Waals surface area contributed by atoms with Crippen LogP contribution in [0.25, 0.3) is 0 Å². The first-order chi connectivity index (χ1) is 5.96. The molecule has 1 aromatic carbocycles. The summed E-state index contributed by atoms with van der Waals surface area (Å²) < 4.78 is 22.3. The molecule has 0 N–H and O–H groups in total. The van der Waals surface area contributed by atoms with Crippen LogP contribution in [0.2, 0.25) is 5.02 Å². The minimum absolute atomic E-state index is 0.0201. The number of rotatable bonds is 2. The average molecular weight is 219 g/mol. The second-order valence-electron chi connectivity index (χ2n) is 2.54. The maximum absolute atomic E-state index is 11.1. The van der Waals surface area contributed by atoms with E-state index in [1.807, 2.05) is 0 Å². The molecular formula is C8H7ClO3S. The second-order valence-corrected chi connectivity index (χ2v) is 4.93. The molecule has 0 unspecified atom stereocenters. The lowest BCUT2D eigenvalue weighted by Crippen LogP contribution is -2.02. The Balaban J connectivity index is 3.56. The Kier molecular flexibility index (Phi) is 2.73. The highest BCUT2D eigenvalue weighted by Crippen LogP contribution is 2.21. The number of carbonyl (C=O) groups is 1. The van der Waals surface area contributed by atoms with E-state index in [-0.39, 0.29) is 15.5 Å². The van der Waals surface area contributed by atoms with Gasteiger partial charge in [-0.2, -0.15) is 0 Å². The van der Waals surface area contributed by atoms with Gasteiger partial charge < -0.3 is 0 Å². The summed E-state index contributed by atoms with van der Waals surface area (Å²) in [5, 5.41) is 0.151. The van der Waals surface area contributed by atoms with Crippen LogP contribution in [0.1, 0.15) is 10.4 Å². The summed E-state index contributed by atoms with van der Waals surface area (Å²) >= 11 is 5.64. The third kappa shape index (κ3) is 2.08. The van der Waals surface area contributed by atoms with Gasteiger partial charge in [-0.3, -0.25) is 4.79 Å². The highest BCUT2D eigenvalue weighted by molar-refractivity contribution is 7.90. The van der Waals surface area contributed by atoms with Gasteiger partial charge in [0.15, 0.2) is 16.1 Å². The predicted molar refractivity (Wildman–Crippen MR) is 49.9 cm³/mol. The summed E-state index contributed by atoms with van der Waals surface area (Å²) in [6, 6.07) is 4.32. The van der Waals surface area contributed by atoms with Crippen molar-refractivity contribution < 1.29 is 13.2 Å². The zero-order valence-corrected chi connectivity index (χ0v) is 8.39. The lowest BCUT2D eigenvalue weighted by Gasteiger charge is -2.02. The van der Waals surface area contributed by atoms with Crippen LogP contribution in [0.3, 0.4) is 0 Å². The number of halogens is 1. The van der Waals surface area contributed by atoms with Gasteiger partial charge in [-0.15, -0.1) is 0 Å². The topological polar surface area (TPSA) is 51.2 Å². The van der Waals surface area contributed by atoms with Gasteiger partial charge in [-0.05, 0) is 12.1 Å². The maximum atomic E-state index is 11.1. The van der Waals surface area contributed by atoms with Crippen molar-refractivity contribution in [2.24, 2.45) is 0 Å². The average Bonchev–Trinajstić information content (AvgIpc) is 2.02. The lowest BCUT2D eigenvalue weighted by atomic mass is 10.2. The van der Waals surface area contributed by atoms with Gasteiger partial charge >= 0.3 is 0 Å². The minimum Gasteiger partial charge on any atom is -0.298 e. The van der Waals surface area contributed by atoms with Crippen LogP contribution < -0.4 is 0 Å². The molecule has 0 fully saturated rings. The molecule has 0 atom stereocenters. The van der Waals surface area contributed by atoms with Crippen LogP contribution in [0.4, 0.5) is 0 Å². The van der Waals surface area contributed by atoms with Crippen molar-refractivity contribution >= 4 is 27.7 Å². The van der Waals surface area contributed by atoms with Crippen molar-refractivity contribution in [1.82, 2.24) is 0 Å². The molecule has 0 bridgehead atoms. The van der Waals surface area contributed by atoms with E-state index in [1.54, 1.807) is 0 Å². The van der Waals surface area contributed by atoms with E-state index in [0.717, 1.165) is 6.26 Å². The van der Waals surface area contributed by atoms with E-state index >= 15 is 0 Å². The fourth-order valence-electron chi connectivity index (χ4n) is 0.955. The first-order valence-electron chi connectivity index (χ1n) is 3.40. The highest BCUT2D eigenvalue weighted by atomic mass is 35.5. The van der Waals surface area contributed by atoms with Gasteiger partial charge in [0.25, 0.3) is 0 Å². The molecule has 0 aliphatic carbocycles. The molecule has 1 rings (SSSR count). The quantitative estimate of drug-likeness (QED) is 0.708. The number of benzene rings is 1. The number of aldehydes is 1. The first kappa shape index (κ1) is 10.2. The van der Waals surface area contributed by atoms with Gasteiger partial charge in [0.1, 0.15) is 0 Å². The summed E-state index contributed by atoms with van der Waals surface area (Å²) in [5.74, 6) is 0. The van der Waals surface area contributed by atoms with Crippen molar-refractivity contribution in [1.29, 1.82) is 0 Å². The summed E-state index contributed by atoms with van der Waals surface area (Å²) in [4.78, 5) is 10.5. The first-order valence-corrected chi connectivity index (χ1v) is 5.67. The summed E-state index contributed by atoms with van der Waals surface area (Å²) in [6.07, 6.45) is 1.48. The van der Waals surface area contributed by atoms with Crippen molar-refractivity contribution in [3.05, 3.63) is 28.8 Å². The number of sulfone groups is 1. The molecule has 0 spiro atoms. The molecule has 1 aromatic rings. The van der Waals surface area contributed by atoms with Crippen molar-refractivity contribution in [3.63, 3.8) is 0 Å². The monoisotopic (exact) mass is 218 g/mol. The summed E-state index contributed by atoms with van der Waals surface area (Å²) in [5.41, 5.74) is 0.0201. The molecule has 0 saturated heterocycles. The molecular weight excluding hydrogens is 212 g/mol. The Morgan fingerprint density at radius 1 is 1.38 bits per heavy atom. The number of hydrogen-bond acceptors (Lipinski definition) is 3. The Labute approximate surface area is 81.3 Å². The normalized spacial score (nSPS) is 11.2. The molecule has 0 heterocycles. The van der Waals surface area contributed by atoms with Crippen LogP contribution in [0.5, 0.6) is 0 Å². The van der Waals surface area contributed by atoms with Crippen molar-refractivity contribution in [2.45, 2.75) is 4.90 Å². The van der Waals surface area contributed by atoms with Gasteiger partial charge in [0.2, 0.25) is 0 Å². The van der Waals surface area contributed by atoms with Crippen molar-refractivity contribution in [2.75, 3.05) is 6.26 Å². The Hall–Kier alpha value is -0.870. The minimum atomic E-state index is -3.38. The van der Waals surface area contributed by atoms with E-state index in [0.29, 0.717) is 6.29 Å². The molecule has 13 heavy (non-hydrogen) atoms. The highest BCUT2D eigenvalue weighted by Gasteiger charge is 2.14. The van der Waals surface area contributed by atoms with Crippen LogP contribution >= 0.6 is 11.6 Å². The zero-order chi connectivity index (χ0) is 10.1. The maximum Gasteiger partial charge on any atom is 0.176 e. The van der Waals surface area contributed by atoms with Gasteiger partial charge in [-0.25, -0.2) is 8.42 Å². The van der Waals surface area contributed by atoms with E-state index in [9.17, 15) is 13.2 Å². The third-order valence-corrected chi connectivity index (χ3v) is 3.01. The smallest absolute Gasteiger partial charge is 0.176 e. The Bertz CT molecular complexity index is 437. The van der Waals surface area contributed by atoms with Gasteiger partial charge in [0, 0.05) is 6.26 Å². The molecule has 0 saturated carbocycles. The molecule has 5 heteroatoms. The van der Waals surface area contributed by atoms with E-state index in [2.05, 4.69) is 0 Å². The van der Waals surface area contributed by atoms with E-state index < -0.39 is 9.84 Å². The zero-order valence-electron chi connectivity index (χ0n) is 6.82. The number of hydrogen-bond donors (Lipinski definition) is 0. The molecule has 3 nitrogen and oxygen atoms in total. The third-order valence-electron chi connectivity index (χ3n) is 1.53. The van der Waals surface area contributed by atoms with Gasteiger partial charge in [-0.1, -0.05) is 17.7 Å². The molecule has 0 radical (unpaired) electrons. The fraction of sp³-hybridized carbons (Fsp3) is 0.125.